The van der Waals surface area contributed by atoms with Crippen molar-refractivity contribution in [2.24, 2.45) is 5.16 Å². The summed E-state index contributed by atoms with van der Waals surface area (Å²) in [5, 5.41) is 3.99. The molecule has 3 nitrogen and oxygen atoms in total. The second-order valence-corrected chi connectivity index (χ2v) is 5.72. The summed E-state index contributed by atoms with van der Waals surface area (Å²) >= 11 is 0. The molecule has 0 spiro atoms. The Hall–Kier alpha value is -1.64. The molecule has 0 saturated carbocycles. The molecule has 114 valence electrons. The van der Waals surface area contributed by atoms with Crippen LogP contribution < -0.4 is 0 Å². The van der Waals surface area contributed by atoms with Crippen molar-refractivity contribution in [2.75, 3.05) is 0 Å². The number of hydrogen-bond donors (Lipinski definition) is 0. The zero-order chi connectivity index (χ0) is 14.9. The van der Waals surface area contributed by atoms with Crippen molar-refractivity contribution < 1.29 is 9.63 Å². The van der Waals surface area contributed by atoms with Crippen molar-refractivity contribution in [3.05, 3.63) is 35.9 Å². The van der Waals surface area contributed by atoms with E-state index >= 15 is 0 Å². The van der Waals surface area contributed by atoms with Gasteiger partial charge >= 0.3 is 0 Å². The first-order valence-electron chi connectivity index (χ1n) is 8.13. The Morgan fingerprint density at radius 1 is 1.14 bits per heavy atom. The fraction of sp³-hybridized carbons (Fsp3) is 0.556. The topological polar surface area (TPSA) is 38.7 Å². The standard InChI is InChI=1S/C18H25NO2/c1-2-3-4-5-6-10-13-16-14-17(19-21-16)18(20)15-11-8-7-9-12-15/h7-9,11-12,16H,2-6,10,13-14H2,1H3. The summed E-state index contributed by atoms with van der Waals surface area (Å²) in [5.74, 6) is 0.000968. The van der Waals surface area contributed by atoms with Crippen molar-refractivity contribution >= 4 is 11.5 Å². The maximum absolute atomic E-state index is 12.2. The van der Waals surface area contributed by atoms with Gasteiger partial charge in [-0.2, -0.15) is 0 Å². The van der Waals surface area contributed by atoms with Gasteiger partial charge < -0.3 is 4.84 Å². The molecule has 0 fully saturated rings. The van der Waals surface area contributed by atoms with Crippen molar-refractivity contribution in [3.8, 4) is 0 Å². The Balaban J connectivity index is 1.67. The predicted molar refractivity (Wildman–Crippen MR) is 85.7 cm³/mol. The molecular formula is C18H25NO2. The number of hydrogen-bond acceptors (Lipinski definition) is 3. The van der Waals surface area contributed by atoms with Crippen molar-refractivity contribution in [2.45, 2.75) is 64.4 Å². The van der Waals surface area contributed by atoms with Gasteiger partial charge in [0.05, 0.1) is 0 Å². The molecule has 1 aliphatic rings. The first kappa shape index (κ1) is 15.7. The minimum Gasteiger partial charge on any atom is -0.392 e. The number of rotatable bonds is 9. The summed E-state index contributed by atoms with van der Waals surface area (Å²) < 4.78 is 0. The van der Waals surface area contributed by atoms with E-state index < -0.39 is 0 Å². The van der Waals surface area contributed by atoms with Crippen LogP contribution in [0.25, 0.3) is 0 Å². The second kappa shape index (κ2) is 8.60. The number of oxime groups is 1. The lowest BCUT2D eigenvalue weighted by Gasteiger charge is -2.07. The van der Waals surface area contributed by atoms with Crippen LogP contribution in [0.15, 0.2) is 35.5 Å². The Labute approximate surface area is 127 Å². The van der Waals surface area contributed by atoms with Crippen molar-refractivity contribution in [1.29, 1.82) is 0 Å². The summed E-state index contributed by atoms with van der Waals surface area (Å²) in [4.78, 5) is 17.6. The summed E-state index contributed by atoms with van der Waals surface area (Å²) in [7, 11) is 0. The Morgan fingerprint density at radius 2 is 1.86 bits per heavy atom. The minimum atomic E-state index is 0.000968. The summed E-state index contributed by atoms with van der Waals surface area (Å²) in [6.45, 7) is 2.23. The van der Waals surface area contributed by atoms with Crippen LogP contribution in [-0.2, 0) is 4.84 Å². The number of unbranched alkanes of at least 4 members (excludes halogenated alkanes) is 5. The van der Waals surface area contributed by atoms with Crippen LogP contribution in [0.4, 0.5) is 0 Å². The molecule has 3 heteroatoms. The smallest absolute Gasteiger partial charge is 0.210 e. The van der Waals surface area contributed by atoms with Gasteiger partial charge in [-0.05, 0) is 12.8 Å². The highest BCUT2D eigenvalue weighted by Gasteiger charge is 2.26. The normalized spacial score (nSPS) is 17.4. The van der Waals surface area contributed by atoms with Gasteiger partial charge in [-0.1, -0.05) is 74.5 Å². The molecule has 0 bridgehead atoms. The zero-order valence-corrected chi connectivity index (χ0v) is 12.9. The van der Waals surface area contributed by atoms with E-state index in [2.05, 4.69) is 12.1 Å². The molecule has 1 heterocycles. The maximum atomic E-state index is 12.2. The van der Waals surface area contributed by atoms with E-state index in [-0.39, 0.29) is 11.9 Å². The maximum Gasteiger partial charge on any atom is 0.210 e. The minimum absolute atomic E-state index is 0.000968. The Kier molecular flexibility index (Phi) is 6.45. The molecule has 0 N–H and O–H groups in total. The fourth-order valence-corrected chi connectivity index (χ4v) is 2.63. The first-order chi connectivity index (χ1) is 10.3. The third kappa shape index (κ3) is 5.00. The molecule has 1 atom stereocenters. The molecule has 1 aromatic rings. The number of Topliss-reactive ketones (excluding diaryl/α,β-unsaturated/α-hetero) is 1. The molecule has 0 amide bonds. The quantitative estimate of drug-likeness (QED) is 0.485. The van der Waals surface area contributed by atoms with E-state index in [9.17, 15) is 4.79 Å². The van der Waals surface area contributed by atoms with Crippen LogP contribution in [-0.4, -0.2) is 17.6 Å². The number of nitrogens with zero attached hydrogens (tertiary/aromatic N) is 1. The molecule has 1 aromatic carbocycles. The lowest BCUT2D eigenvalue weighted by Crippen LogP contribution is -2.15. The molecule has 0 aliphatic carbocycles. The highest BCUT2D eigenvalue weighted by atomic mass is 16.6. The van der Waals surface area contributed by atoms with Gasteiger partial charge in [0.25, 0.3) is 0 Å². The molecular weight excluding hydrogens is 262 g/mol. The van der Waals surface area contributed by atoms with Crippen LogP contribution in [0.1, 0.15) is 68.6 Å². The van der Waals surface area contributed by atoms with Crippen LogP contribution in [0, 0.1) is 0 Å². The van der Waals surface area contributed by atoms with Gasteiger partial charge in [-0.25, -0.2) is 0 Å². The number of carbonyl (C=O) groups excluding carboxylic acids is 1. The van der Waals surface area contributed by atoms with E-state index in [1.165, 1.54) is 32.1 Å². The monoisotopic (exact) mass is 287 g/mol. The Bertz CT molecular complexity index is 467. The van der Waals surface area contributed by atoms with Crippen LogP contribution in [0.5, 0.6) is 0 Å². The lowest BCUT2D eigenvalue weighted by molar-refractivity contribution is 0.0769. The molecule has 1 unspecified atom stereocenters. The molecule has 0 radical (unpaired) electrons. The van der Waals surface area contributed by atoms with E-state index in [1.54, 1.807) is 0 Å². The Morgan fingerprint density at radius 3 is 2.62 bits per heavy atom. The third-order valence-corrected chi connectivity index (χ3v) is 3.91. The average Bonchev–Trinajstić information content (AvgIpc) is 3.00. The fourth-order valence-electron chi connectivity index (χ4n) is 2.63. The van der Waals surface area contributed by atoms with E-state index in [4.69, 9.17) is 4.84 Å². The molecule has 0 aromatic heterocycles. The van der Waals surface area contributed by atoms with Gasteiger partial charge in [-0.3, -0.25) is 4.79 Å². The van der Waals surface area contributed by atoms with E-state index in [1.807, 2.05) is 30.3 Å². The highest BCUT2D eigenvalue weighted by molar-refractivity contribution is 6.46. The van der Waals surface area contributed by atoms with Gasteiger partial charge in [0.15, 0.2) is 0 Å². The third-order valence-electron chi connectivity index (χ3n) is 3.91. The van der Waals surface area contributed by atoms with Gasteiger partial charge in [0.2, 0.25) is 5.78 Å². The van der Waals surface area contributed by atoms with Crippen molar-refractivity contribution in [3.63, 3.8) is 0 Å². The SMILES string of the molecule is CCCCCCCCC1CC(C(=O)c2ccccc2)=NO1. The second-order valence-electron chi connectivity index (χ2n) is 5.72. The number of ketones is 1. The van der Waals surface area contributed by atoms with Crippen molar-refractivity contribution in [1.82, 2.24) is 0 Å². The largest absolute Gasteiger partial charge is 0.392 e. The molecule has 1 aliphatic heterocycles. The predicted octanol–water partition coefficient (Wildman–Crippen LogP) is 4.76. The van der Waals surface area contributed by atoms with Crippen LogP contribution >= 0.6 is 0 Å². The molecule has 21 heavy (non-hydrogen) atoms. The number of benzene rings is 1. The lowest BCUT2D eigenvalue weighted by atomic mass is 10.00. The first-order valence-corrected chi connectivity index (χ1v) is 8.13. The van der Waals surface area contributed by atoms with Gasteiger partial charge in [-0.15, -0.1) is 0 Å². The summed E-state index contributed by atoms with van der Waals surface area (Å²) in [6.07, 6.45) is 9.41. The van der Waals surface area contributed by atoms with Crippen LogP contribution in [0.3, 0.4) is 0 Å². The van der Waals surface area contributed by atoms with E-state index in [0.717, 1.165) is 12.8 Å². The zero-order valence-electron chi connectivity index (χ0n) is 12.9. The summed E-state index contributed by atoms with van der Waals surface area (Å²) in [6, 6.07) is 9.30. The van der Waals surface area contributed by atoms with Crippen LogP contribution in [0.2, 0.25) is 0 Å². The van der Waals surface area contributed by atoms with E-state index in [0.29, 0.717) is 17.7 Å². The van der Waals surface area contributed by atoms with Gasteiger partial charge in [0, 0.05) is 12.0 Å². The summed E-state index contributed by atoms with van der Waals surface area (Å²) in [5.41, 5.74) is 1.26. The molecule has 0 saturated heterocycles. The molecule has 2 rings (SSSR count). The number of carbonyl (C=O) groups is 1. The van der Waals surface area contributed by atoms with Gasteiger partial charge in [0.1, 0.15) is 11.8 Å². The average molecular weight is 287 g/mol. The highest BCUT2D eigenvalue weighted by Crippen LogP contribution is 2.20.